The van der Waals surface area contributed by atoms with E-state index in [4.69, 9.17) is 10.8 Å². The molecule has 0 heterocycles. The highest BCUT2D eigenvalue weighted by Crippen LogP contribution is 2.18. The smallest absolute Gasteiger partial charge is 0.312 e. The standard InChI is InChI=1S/C9H10N2O4/c10-5-8(9(12)13)6-1-3-7(4-2-6)11(14)15/h1-4,8H,5,10H2,(H,12,13). The molecule has 1 unspecified atom stereocenters. The highest BCUT2D eigenvalue weighted by molar-refractivity contribution is 5.76. The molecule has 0 aromatic heterocycles. The molecule has 0 saturated carbocycles. The molecule has 3 N–H and O–H groups in total. The van der Waals surface area contributed by atoms with Gasteiger partial charge in [-0.2, -0.15) is 0 Å². The fourth-order valence-corrected chi connectivity index (χ4v) is 1.21. The van der Waals surface area contributed by atoms with E-state index in [1.165, 1.54) is 24.3 Å². The summed E-state index contributed by atoms with van der Waals surface area (Å²) in [6, 6.07) is 5.34. The van der Waals surface area contributed by atoms with Crippen molar-refractivity contribution in [2.45, 2.75) is 5.92 Å². The van der Waals surface area contributed by atoms with Crippen molar-refractivity contribution in [3.63, 3.8) is 0 Å². The van der Waals surface area contributed by atoms with Gasteiger partial charge in [0.25, 0.3) is 5.69 Å². The van der Waals surface area contributed by atoms with Gasteiger partial charge in [0.05, 0.1) is 10.8 Å². The van der Waals surface area contributed by atoms with E-state index in [-0.39, 0.29) is 12.2 Å². The number of carboxylic acids is 1. The number of benzene rings is 1. The van der Waals surface area contributed by atoms with Crippen LogP contribution >= 0.6 is 0 Å². The predicted molar refractivity (Wildman–Crippen MR) is 52.5 cm³/mol. The van der Waals surface area contributed by atoms with E-state index in [0.29, 0.717) is 5.56 Å². The van der Waals surface area contributed by atoms with Crippen LogP contribution < -0.4 is 5.73 Å². The van der Waals surface area contributed by atoms with Gasteiger partial charge >= 0.3 is 5.97 Å². The summed E-state index contributed by atoms with van der Waals surface area (Å²) in [5.74, 6) is -1.85. The molecule has 1 rings (SSSR count). The summed E-state index contributed by atoms with van der Waals surface area (Å²) in [7, 11) is 0. The number of nitrogens with zero attached hydrogens (tertiary/aromatic N) is 1. The molecule has 6 nitrogen and oxygen atoms in total. The van der Waals surface area contributed by atoms with E-state index in [1.807, 2.05) is 0 Å². The number of nitrogens with two attached hydrogens (primary N) is 1. The topological polar surface area (TPSA) is 106 Å². The summed E-state index contributed by atoms with van der Waals surface area (Å²) in [6.07, 6.45) is 0. The van der Waals surface area contributed by atoms with Gasteiger partial charge in [0, 0.05) is 18.7 Å². The Morgan fingerprint density at radius 3 is 2.33 bits per heavy atom. The lowest BCUT2D eigenvalue weighted by Gasteiger charge is -2.08. The maximum absolute atomic E-state index is 10.7. The van der Waals surface area contributed by atoms with Crippen LogP contribution in [0.15, 0.2) is 24.3 Å². The van der Waals surface area contributed by atoms with Gasteiger partial charge < -0.3 is 10.8 Å². The molecule has 0 aliphatic rings. The zero-order chi connectivity index (χ0) is 11.4. The minimum atomic E-state index is -1.04. The van der Waals surface area contributed by atoms with Gasteiger partial charge in [-0.1, -0.05) is 12.1 Å². The van der Waals surface area contributed by atoms with E-state index >= 15 is 0 Å². The van der Waals surface area contributed by atoms with Crippen molar-refractivity contribution in [1.82, 2.24) is 0 Å². The Morgan fingerprint density at radius 2 is 2.00 bits per heavy atom. The average molecular weight is 210 g/mol. The second kappa shape index (κ2) is 4.52. The summed E-state index contributed by atoms with van der Waals surface area (Å²) in [5, 5.41) is 19.1. The van der Waals surface area contributed by atoms with E-state index in [9.17, 15) is 14.9 Å². The average Bonchev–Trinajstić information content (AvgIpc) is 2.19. The Bertz CT molecular complexity index is 374. The number of nitro groups is 1. The van der Waals surface area contributed by atoms with Gasteiger partial charge in [0.15, 0.2) is 0 Å². The van der Waals surface area contributed by atoms with Crippen LogP contribution in [0.3, 0.4) is 0 Å². The van der Waals surface area contributed by atoms with Gasteiger partial charge in [0.1, 0.15) is 0 Å². The monoisotopic (exact) mass is 210 g/mol. The Balaban J connectivity index is 2.97. The molecule has 0 spiro atoms. The lowest BCUT2D eigenvalue weighted by Crippen LogP contribution is -2.20. The van der Waals surface area contributed by atoms with Crippen LogP contribution in [0.1, 0.15) is 11.5 Å². The van der Waals surface area contributed by atoms with Gasteiger partial charge in [-0.15, -0.1) is 0 Å². The van der Waals surface area contributed by atoms with E-state index in [0.717, 1.165) is 0 Å². The third kappa shape index (κ3) is 2.50. The molecule has 80 valence electrons. The van der Waals surface area contributed by atoms with Crippen LogP contribution in [0.2, 0.25) is 0 Å². The predicted octanol–water partition coefficient (Wildman–Crippen LogP) is 0.722. The molecular weight excluding hydrogens is 200 g/mol. The summed E-state index contributed by atoms with van der Waals surface area (Å²) < 4.78 is 0. The first-order valence-electron chi connectivity index (χ1n) is 4.23. The minimum Gasteiger partial charge on any atom is -0.481 e. The summed E-state index contributed by atoms with van der Waals surface area (Å²) in [5.41, 5.74) is 5.69. The van der Waals surface area contributed by atoms with Crippen LogP contribution in [0.4, 0.5) is 5.69 Å². The number of nitro benzene ring substituents is 1. The minimum absolute atomic E-state index is 0.0346. The molecule has 0 aliphatic carbocycles. The summed E-state index contributed by atoms with van der Waals surface area (Å²) in [6.45, 7) is -0.0346. The van der Waals surface area contributed by atoms with Gasteiger partial charge in [-0.05, 0) is 5.56 Å². The van der Waals surface area contributed by atoms with Crippen LogP contribution in [0, 0.1) is 10.1 Å². The van der Waals surface area contributed by atoms with Crippen molar-refractivity contribution in [2.24, 2.45) is 5.73 Å². The van der Waals surface area contributed by atoms with E-state index < -0.39 is 16.8 Å². The van der Waals surface area contributed by atoms with Crippen LogP contribution in [0.25, 0.3) is 0 Å². The van der Waals surface area contributed by atoms with Crippen molar-refractivity contribution in [2.75, 3.05) is 6.54 Å². The van der Waals surface area contributed by atoms with Crippen molar-refractivity contribution in [3.8, 4) is 0 Å². The third-order valence-electron chi connectivity index (χ3n) is 2.04. The molecule has 1 atom stereocenters. The van der Waals surface area contributed by atoms with Gasteiger partial charge in [0.2, 0.25) is 0 Å². The Kier molecular flexibility index (Phi) is 3.35. The Hall–Kier alpha value is -1.95. The fraction of sp³-hybridized carbons (Fsp3) is 0.222. The molecule has 1 aromatic carbocycles. The van der Waals surface area contributed by atoms with Crippen molar-refractivity contribution in [3.05, 3.63) is 39.9 Å². The Labute approximate surface area is 85.5 Å². The number of aliphatic carboxylic acids is 1. The second-order valence-corrected chi connectivity index (χ2v) is 2.98. The number of non-ortho nitro benzene ring substituents is 1. The highest BCUT2D eigenvalue weighted by atomic mass is 16.6. The maximum atomic E-state index is 10.7. The van der Waals surface area contributed by atoms with Crippen molar-refractivity contribution < 1.29 is 14.8 Å². The fourth-order valence-electron chi connectivity index (χ4n) is 1.21. The normalized spacial score (nSPS) is 12.1. The molecule has 0 amide bonds. The first-order valence-corrected chi connectivity index (χ1v) is 4.23. The zero-order valence-corrected chi connectivity index (χ0v) is 7.79. The quantitative estimate of drug-likeness (QED) is 0.562. The highest BCUT2D eigenvalue weighted by Gasteiger charge is 2.18. The molecule has 1 aromatic rings. The number of carbonyl (C=O) groups is 1. The first-order chi connectivity index (χ1) is 7.06. The van der Waals surface area contributed by atoms with Crippen LogP contribution in [-0.2, 0) is 4.79 Å². The molecule has 0 radical (unpaired) electrons. The summed E-state index contributed by atoms with van der Waals surface area (Å²) >= 11 is 0. The Morgan fingerprint density at radius 1 is 1.47 bits per heavy atom. The molecular formula is C9H10N2O4. The molecule has 0 fully saturated rings. The summed E-state index contributed by atoms with van der Waals surface area (Å²) in [4.78, 5) is 20.5. The SMILES string of the molecule is NCC(C(=O)O)c1ccc([N+](=O)[O-])cc1. The maximum Gasteiger partial charge on any atom is 0.312 e. The zero-order valence-electron chi connectivity index (χ0n) is 7.79. The van der Waals surface area contributed by atoms with Crippen molar-refractivity contribution >= 4 is 11.7 Å². The van der Waals surface area contributed by atoms with Crippen LogP contribution in [-0.4, -0.2) is 22.5 Å². The largest absolute Gasteiger partial charge is 0.481 e. The lowest BCUT2D eigenvalue weighted by atomic mass is 9.99. The molecule has 0 aliphatic heterocycles. The van der Waals surface area contributed by atoms with Gasteiger partial charge in [-0.25, -0.2) is 0 Å². The molecule has 0 bridgehead atoms. The number of hydrogen-bond donors (Lipinski definition) is 2. The third-order valence-corrected chi connectivity index (χ3v) is 2.04. The van der Waals surface area contributed by atoms with E-state index in [1.54, 1.807) is 0 Å². The molecule has 15 heavy (non-hydrogen) atoms. The number of carboxylic acid groups (broad SMARTS) is 1. The van der Waals surface area contributed by atoms with Crippen molar-refractivity contribution in [1.29, 1.82) is 0 Å². The second-order valence-electron chi connectivity index (χ2n) is 2.98. The van der Waals surface area contributed by atoms with Crippen LogP contribution in [0.5, 0.6) is 0 Å². The van der Waals surface area contributed by atoms with Gasteiger partial charge in [-0.3, -0.25) is 14.9 Å². The van der Waals surface area contributed by atoms with E-state index in [2.05, 4.69) is 0 Å². The lowest BCUT2D eigenvalue weighted by molar-refractivity contribution is -0.384. The molecule has 6 heteroatoms. The number of rotatable bonds is 4. The first kappa shape index (κ1) is 11.1. The molecule has 0 saturated heterocycles. The number of hydrogen-bond acceptors (Lipinski definition) is 4.